The average Bonchev–Trinajstić information content (AvgIpc) is 3.40. The van der Waals surface area contributed by atoms with E-state index < -0.39 is 0 Å². The summed E-state index contributed by atoms with van der Waals surface area (Å²) in [4.78, 5) is 30.2. The van der Waals surface area contributed by atoms with Gasteiger partial charge in [0, 0.05) is 23.9 Å². The van der Waals surface area contributed by atoms with Crippen LogP contribution in [0, 0.1) is 5.82 Å². The summed E-state index contributed by atoms with van der Waals surface area (Å²) in [5.74, 6) is -0.571. The summed E-state index contributed by atoms with van der Waals surface area (Å²) in [6, 6.07) is 18.6. The standard InChI is InChI=1S/C26H20FN5O2/c27-22-7-4-17(5-8-22)12-28-25(33)20-3-1-2-18(10-20)15-32-16-29-24-9-6-19(11-23(24)26(32)34)21-13-30-31-14-21/h1-11,13-14,16H,12,15H2,(H,28,33)(H,30,31). The highest BCUT2D eigenvalue weighted by molar-refractivity contribution is 5.94. The van der Waals surface area contributed by atoms with E-state index in [1.165, 1.54) is 23.0 Å². The first-order valence-electron chi connectivity index (χ1n) is 10.7. The van der Waals surface area contributed by atoms with Crippen LogP contribution in [-0.4, -0.2) is 25.7 Å². The molecule has 2 aromatic heterocycles. The lowest BCUT2D eigenvalue weighted by Gasteiger charge is -2.10. The molecule has 0 aliphatic heterocycles. The molecule has 2 N–H and O–H groups in total. The molecule has 2 heterocycles. The number of halogens is 1. The Kier molecular flexibility index (Phi) is 5.70. The number of amides is 1. The van der Waals surface area contributed by atoms with Gasteiger partial charge < -0.3 is 5.32 Å². The zero-order valence-electron chi connectivity index (χ0n) is 18.0. The van der Waals surface area contributed by atoms with E-state index in [0.717, 1.165) is 22.3 Å². The van der Waals surface area contributed by atoms with Crippen LogP contribution in [-0.2, 0) is 13.1 Å². The number of fused-ring (bicyclic) bond motifs is 1. The Bertz CT molecular complexity index is 1530. The predicted molar refractivity (Wildman–Crippen MR) is 127 cm³/mol. The Morgan fingerprint density at radius 1 is 1.00 bits per heavy atom. The largest absolute Gasteiger partial charge is 0.348 e. The summed E-state index contributed by atoms with van der Waals surface area (Å²) in [5.41, 5.74) is 4.28. The monoisotopic (exact) mass is 453 g/mol. The summed E-state index contributed by atoms with van der Waals surface area (Å²) in [6.45, 7) is 0.563. The molecule has 0 radical (unpaired) electrons. The fraction of sp³-hybridized carbons (Fsp3) is 0.0769. The second-order valence-corrected chi connectivity index (χ2v) is 7.91. The molecule has 0 saturated heterocycles. The maximum atomic E-state index is 13.2. The summed E-state index contributed by atoms with van der Waals surface area (Å²) in [5, 5.41) is 10.1. The van der Waals surface area contributed by atoms with Crippen LogP contribution in [0.3, 0.4) is 0 Å². The van der Waals surface area contributed by atoms with Crippen molar-refractivity contribution in [2.45, 2.75) is 13.1 Å². The van der Waals surface area contributed by atoms with Crippen molar-refractivity contribution in [3.05, 3.63) is 118 Å². The van der Waals surface area contributed by atoms with Crippen molar-refractivity contribution in [1.29, 1.82) is 0 Å². The average molecular weight is 453 g/mol. The van der Waals surface area contributed by atoms with Crippen molar-refractivity contribution in [2.24, 2.45) is 0 Å². The van der Waals surface area contributed by atoms with Gasteiger partial charge in [0.2, 0.25) is 0 Å². The molecule has 168 valence electrons. The number of carbonyl (C=O) groups is 1. The molecule has 0 unspecified atom stereocenters. The van der Waals surface area contributed by atoms with Gasteiger partial charge in [0.05, 0.1) is 30.0 Å². The minimum absolute atomic E-state index is 0.165. The molecule has 0 atom stereocenters. The van der Waals surface area contributed by atoms with E-state index in [2.05, 4.69) is 20.5 Å². The van der Waals surface area contributed by atoms with Crippen molar-refractivity contribution >= 4 is 16.8 Å². The van der Waals surface area contributed by atoms with E-state index in [-0.39, 0.29) is 30.4 Å². The quantitative estimate of drug-likeness (QED) is 0.408. The van der Waals surface area contributed by atoms with Crippen LogP contribution in [0.4, 0.5) is 4.39 Å². The van der Waals surface area contributed by atoms with Crippen LogP contribution in [0.25, 0.3) is 22.0 Å². The van der Waals surface area contributed by atoms with Crippen molar-refractivity contribution in [2.75, 3.05) is 0 Å². The van der Waals surface area contributed by atoms with Crippen LogP contribution in [0.1, 0.15) is 21.5 Å². The molecule has 3 aromatic carbocycles. The molecule has 0 spiro atoms. The molecule has 0 aliphatic rings. The lowest BCUT2D eigenvalue weighted by Crippen LogP contribution is -2.23. The molecule has 0 fully saturated rings. The fourth-order valence-corrected chi connectivity index (χ4v) is 3.75. The number of nitrogens with one attached hydrogen (secondary N) is 2. The molecule has 1 amide bonds. The minimum atomic E-state index is -0.320. The molecule has 34 heavy (non-hydrogen) atoms. The number of rotatable bonds is 6. The van der Waals surface area contributed by atoms with E-state index in [9.17, 15) is 14.0 Å². The van der Waals surface area contributed by atoms with E-state index in [4.69, 9.17) is 0 Å². The summed E-state index contributed by atoms with van der Waals surface area (Å²) >= 11 is 0. The van der Waals surface area contributed by atoms with Gasteiger partial charge in [-0.05, 0) is 53.1 Å². The van der Waals surface area contributed by atoms with Crippen LogP contribution in [0.5, 0.6) is 0 Å². The summed E-state index contributed by atoms with van der Waals surface area (Å²) in [6.07, 6.45) is 4.98. The maximum Gasteiger partial charge on any atom is 0.261 e. The van der Waals surface area contributed by atoms with Crippen molar-refractivity contribution in [3.8, 4) is 11.1 Å². The number of nitrogens with zero attached hydrogens (tertiary/aromatic N) is 3. The molecule has 0 saturated carbocycles. The van der Waals surface area contributed by atoms with Crippen molar-refractivity contribution < 1.29 is 9.18 Å². The maximum absolute atomic E-state index is 13.2. The molecule has 7 nitrogen and oxygen atoms in total. The number of aromatic amines is 1. The number of hydrogen-bond donors (Lipinski definition) is 2. The van der Waals surface area contributed by atoms with E-state index >= 15 is 0 Å². The smallest absolute Gasteiger partial charge is 0.261 e. The zero-order chi connectivity index (χ0) is 23.5. The molecule has 8 heteroatoms. The number of benzene rings is 3. The number of aromatic nitrogens is 4. The summed E-state index contributed by atoms with van der Waals surface area (Å²) in [7, 11) is 0. The third-order valence-corrected chi connectivity index (χ3v) is 5.56. The van der Waals surface area contributed by atoms with Crippen molar-refractivity contribution in [3.63, 3.8) is 0 Å². The topological polar surface area (TPSA) is 92.7 Å². The Morgan fingerprint density at radius 2 is 1.85 bits per heavy atom. The fourth-order valence-electron chi connectivity index (χ4n) is 3.75. The highest BCUT2D eigenvalue weighted by atomic mass is 19.1. The van der Waals surface area contributed by atoms with Gasteiger partial charge in [-0.1, -0.05) is 30.3 Å². The normalized spacial score (nSPS) is 11.0. The Labute approximate surface area is 193 Å². The van der Waals surface area contributed by atoms with Crippen LogP contribution in [0.15, 0.2) is 90.2 Å². The SMILES string of the molecule is O=C(NCc1ccc(F)cc1)c1cccc(Cn2cnc3ccc(-c4cn[nH]c4)cc3c2=O)c1. The first-order valence-corrected chi connectivity index (χ1v) is 10.7. The lowest BCUT2D eigenvalue weighted by atomic mass is 10.1. The molecular formula is C26H20FN5O2. The zero-order valence-corrected chi connectivity index (χ0v) is 18.0. The minimum Gasteiger partial charge on any atom is -0.348 e. The molecule has 5 rings (SSSR count). The molecular weight excluding hydrogens is 433 g/mol. The Balaban J connectivity index is 1.36. The van der Waals surface area contributed by atoms with Gasteiger partial charge in [-0.25, -0.2) is 9.37 Å². The Morgan fingerprint density at radius 3 is 2.65 bits per heavy atom. The van der Waals surface area contributed by atoms with Crippen LogP contribution >= 0.6 is 0 Å². The third kappa shape index (κ3) is 4.47. The Hall–Kier alpha value is -4.59. The first kappa shape index (κ1) is 21.3. The van der Waals surface area contributed by atoms with Gasteiger partial charge in [0.25, 0.3) is 11.5 Å². The summed E-state index contributed by atoms with van der Waals surface area (Å²) < 4.78 is 14.6. The first-order chi connectivity index (χ1) is 16.6. The van der Waals surface area contributed by atoms with Crippen LogP contribution in [0.2, 0.25) is 0 Å². The van der Waals surface area contributed by atoms with Gasteiger partial charge in [-0.2, -0.15) is 5.10 Å². The third-order valence-electron chi connectivity index (χ3n) is 5.56. The van der Waals surface area contributed by atoms with Gasteiger partial charge in [0.1, 0.15) is 5.82 Å². The molecule has 0 bridgehead atoms. The lowest BCUT2D eigenvalue weighted by molar-refractivity contribution is 0.0951. The number of H-pyrrole nitrogens is 1. The molecule has 5 aromatic rings. The van der Waals surface area contributed by atoms with E-state index in [1.54, 1.807) is 42.7 Å². The van der Waals surface area contributed by atoms with Gasteiger partial charge in [-0.15, -0.1) is 0 Å². The van der Waals surface area contributed by atoms with Crippen LogP contribution < -0.4 is 10.9 Å². The van der Waals surface area contributed by atoms with E-state index in [1.807, 2.05) is 24.3 Å². The highest BCUT2D eigenvalue weighted by Crippen LogP contribution is 2.21. The second kappa shape index (κ2) is 9.11. The molecule has 0 aliphatic carbocycles. The van der Waals surface area contributed by atoms with Gasteiger partial charge >= 0.3 is 0 Å². The predicted octanol–water partition coefficient (Wildman–Crippen LogP) is 3.90. The second-order valence-electron chi connectivity index (χ2n) is 7.91. The van der Waals surface area contributed by atoms with Gasteiger partial charge in [-0.3, -0.25) is 19.3 Å². The number of carbonyl (C=O) groups excluding carboxylic acids is 1. The van der Waals surface area contributed by atoms with Crippen molar-refractivity contribution in [1.82, 2.24) is 25.1 Å². The number of hydrogen-bond acceptors (Lipinski definition) is 4. The highest BCUT2D eigenvalue weighted by Gasteiger charge is 2.10. The van der Waals surface area contributed by atoms with Gasteiger partial charge in [0.15, 0.2) is 0 Å². The van der Waals surface area contributed by atoms with E-state index in [0.29, 0.717) is 16.5 Å².